The fraction of sp³-hybridized carbons (Fsp3) is 0.944. The fourth-order valence-electron chi connectivity index (χ4n) is 5.32. The van der Waals surface area contributed by atoms with Crippen LogP contribution >= 0.6 is 0 Å². The number of unbranched alkanes of at least 4 members (excludes halogenated alkanes) is 24. The molecule has 0 amide bonds. The molecule has 0 aliphatic carbocycles. The Kier molecular flexibility index (Phi) is 34.2. The Hall–Kier alpha value is -1.10. The first-order valence-corrected chi connectivity index (χ1v) is 18.2. The van der Waals surface area contributed by atoms with Gasteiger partial charge in [0.2, 0.25) is 0 Å². The Labute approximate surface area is 256 Å². The quantitative estimate of drug-likeness (QED) is 0.0605. The van der Waals surface area contributed by atoms with Gasteiger partial charge in [0.1, 0.15) is 13.2 Å². The Morgan fingerprint density at radius 2 is 0.634 bits per heavy atom. The van der Waals surface area contributed by atoms with E-state index in [-0.39, 0.29) is 11.9 Å². The Morgan fingerprint density at radius 3 is 0.902 bits per heavy atom. The van der Waals surface area contributed by atoms with Crippen LogP contribution in [0.25, 0.3) is 0 Å². The molecule has 5 heteroatoms. The molecular formula is C36H71NO4. The van der Waals surface area contributed by atoms with E-state index in [0.717, 1.165) is 25.7 Å². The highest BCUT2D eigenvalue weighted by molar-refractivity contribution is 5.69. The van der Waals surface area contributed by atoms with Gasteiger partial charge in [0.05, 0.1) is 0 Å². The number of rotatable bonds is 34. The van der Waals surface area contributed by atoms with Crippen molar-refractivity contribution in [1.82, 2.24) is 5.32 Å². The highest BCUT2D eigenvalue weighted by atomic mass is 16.5. The van der Waals surface area contributed by atoms with Gasteiger partial charge in [-0.15, -0.1) is 0 Å². The maximum absolute atomic E-state index is 11.9. The van der Waals surface area contributed by atoms with E-state index in [1.165, 1.54) is 141 Å². The largest absolute Gasteiger partial charge is 0.464 e. The zero-order valence-corrected chi connectivity index (χ0v) is 27.8. The summed E-state index contributed by atoms with van der Waals surface area (Å²) in [5, 5.41) is 3.18. The zero-order valence-electron chi connectivity index (χ0n) is 27.8. The standard InChI is InChI=1S/C36H71NO4/c1-3-5-7-9-11-13-15-17-19-21-23-25-27-29-35(38)40-33-31-37-32-34-41-36(39)30-28-26-24-22-20-18-16-14-12-10-8-6-4-2/h37H,3-34H2,1-2H3. The number of ether oxygens (including phenoxy) is 2. The van der Waals surface area contributed by atoms with Crippen LogP contribution in [-0.4, -0.2) is 38.2 Å². The number of hydrogen-bond acceptors (Lipinski definition) is 5. The van der Waals surface area contributed by atoms with Crippen LogP contribution in [0.4, 0.5) is 0 Å². The Morgan fingerprint density at radius 1 is 0.390 bits per heavy atom. The lowest BCUT2D eigenvalue weighted by molar-refractivity contribution is -0.143. The zero-order chi connectivity index (χ0) is 29.9. The second-order valence-electron chi connectivity index (χ2n) is 12.2. The van der Waals surface area contributed by atoms with E-state index < -0.39 is 0 Å². The molecule has 0 unspecified atom stereocenters. The first kappa shape index (κ1) is 39.9. The lowest BCUT2D eigenvalue weighted by Gasteiger charge is -2.08. The number of nitrogens with one attached hydrogen (secondary N) is 1. The third kappa shape index (κ3) is 35.0. The first-order chi connectivity index (χ1) is 20.2. The van der Waals surface area contributed by atoms with Crippen LogP contribution in [-0.2, 0) is 19.1 Å². The van der Waals surface area contributed by atoms with Gasteiger partial charge in [-0.2, -0.15) is 0 Å². The summed E-state index contributed by atoms with van der Waals surface area (Å²) in [6.07, 6.45) is 35.0. The average Bonchev–Trinajstić information content (AvgIpc) is 2.97. The number of carbonyl (C=O) groups is 2. The molecule has 0 fully saturated rings. The molecule has 0 saturated carbocycles. The number of hydrogen-bond donors (Lipinski definition) is 1. The summed E-state index contributed by atoms with van der Waals surface area (Å²) in [5.74, 6) is -0.196. The van der Waals surface area contributed by atoms with Gasteiger partial charge in [-0.25, -0.2) is 0 Å². The van der Waals surface area contributed by atoms with Crippen molar-refractivity contribution in [2.45, 2.75) is 194 Å². The smallest absolute Gasteiger partial charge is 0.305 e. The summed E-state index contributed by atoms with van der Waals surface area (Å²) >= 11 is 0. The van der Waals surface area contributed by atoms with Crippen LogP contribution in [0.15, 0.2) is 0 Å². The predicted molar refractivity (Wildman–Crippen MR) is 175 cm³/mol. The molecule has 0 aromatic heterocycles. The SMILES string of the molecule is CCCCCCCCCCCCCCCC(=O)OCCNCCOC(=O)CCCCCCCCCCCCCCC. The van der Waals surface area contributed by atoms with Gasteiger partial charge < -0.3 is 14.8 Å². The van der Waals surface area contributed by atoms with Crippen molar-refractivity contribution in [1.29, 1.82) is 0 Å². The maximum Gasteiger partial charge on any atom is 0.305 e. The van der Waals surface area contributed by atoms with E-state index in [9.17, 15) is 9.59 Å². The number of esters is 2. The van der Waals surface area contributed by atoms with Crippen molar-refractivity contribution in [3.63, 3.8) is 0 Å². The predicted octanol–water partition coefficient (Wildman–Crippen LogP) is 10.6. The van der Waals surface area contributed by atoms with Gasteiger partial charge >= 0.3 is 11.9 Å². The summed E-state index contributed by atoms with van der Waals surface area (Å²) < 4.78 is 10.6. The van der Waals surface area contributed by atoms with E-state index in [2.05, 4.69) is 19.2 Å². The first-order valence-electron chi connectivity index (χ1n) is 18.2. The fourth-order valence-corrected chi connectivity index (χ4v) is 5.32. The third-order valence-electron chi connectivity index (χ3n) is 8.05. The molecule has 0 aromatic carbocycles. The lowest BCUT2D eigenvalue weighted by atomic mass is 10.0. The van der Waals surface area contributed by atoms with Crippen LogP contribution in [0.2, 0.25) is 0 Å². The molecule has 0 bridgehead atoms. The molecule has 0 rings (SSSR count). The number of carbonyl (C=O) groups excluding carboxylic acids is 2. The second kappa shape index (κ2) is 35.1. The van der Waals surface area contributed by atoms with Crippen LogP contribution in [0.5, 0.6) is 0 Å². The maximum atomic E-state index is 11.9. The van der Waals surface area contributed by atoms with Crippen molar-refractivity contribution in [2.24, 2.45) is 0 Å². The summed E-state index contributed by atoms with van der Waals surface area (Å²) in [7, 11) is 0. The van der Waals surface area contributed by atoms with Crippen molar-refractivity contribution < 1.29 is 19.1 Å². The minimum Gasteiger partial charge on any atom is -0.464 e. The van der Waals surface area contributed by atoms with Crippen molar-refractivity contribution in [2.75, 3.05) is 26.3 Å². The molecule has 1 N–H and O–H groups in total. The van der Waals surface area contributed by atoms with Gasteiger partial charge in [0, 0.05) is 25.9 Å². The van der Waals surface area contributed by atoms with Gasteiger partial charge in [0.15, 0.2) is 0 Å². The van der Waals surface area contributed by atoms with E-state index >= 15 is 0 Å². The molecule has 0 atom stereocenters. The van der Waals surface area contributed by atoms with Gasteiger partial charge in [-0.3, -0.25) is 9.59 Å². The van der Waals surface area contributed by atoms with E-state index in [0.29, 0.717) is 39.1 Å². The third-order valence-corrected chi connectivity index (χ3v) is 8.05. The van der Waals surface area contributed by atoms with Gasteiger partial charge in [-0.05, 0) is 12.8 Å². The van der Waals surface area contributed by atoms with Crippen molar-refractivity contribution in [3.8, 4) is 0 Å². The normalized spacial score (nSPS) is 11.2. The Balaban J connectivity index is 3.25. The topological polar surface area (TPSA) is 64.6 Å². The second-order valence-corrected chi connectivity index (χ2v) is 12.2. The molecule has 41 heavy (non-hydrogen) atoms. The molecular weight excluding hydrogens is 510 g/mol. The molecule has 0 aromatic rings. The minimum atomic E-state index is -0.0981. The summed E-state index contributed by atoms with van der Waals surface area (Å²) in [6, 6.07) is 0. The summed E-state index contributed by atoms with van der Waals surface area (Å²) in [6.45, 7) is 6.49. The van der Waals surface area contributed by atoms with Crippen LogP contribution in [0, 0.1) is 0 Å². The van der Waals surface area contributed by atoms with Crippen LogP contribution in [0.1, 0.15) is 194 Å². The molecule has 0 saturated heterocycles. The highest BCUT2D eigenvalue weighted by Gasteiger charge is 2.04. The van der Waals surface area contributed by atoms with E-state index in [1.54, 1.807) is 0 Å². The molecule has 5 nitrogen and oxygen atoms in total. The summed E-state index contributed by atoms with van der Waals surface area (Å²) in [4.78, 5) is 23.7. The van der Waals surface area contributed by atoms with Crippen LogP contribution in [0.3, 0.4) is 0 Å². The molecule has 0 aliphatic rings. The van der Waals surface area contributed by atoms with E-state index in [4.69, 9.17) is 9.47 Å². The van der Waals surface area contributed by atoms with Crippen LogP contribution < -0.4 is 5.32 Å². The average molecular weight is 582 g/mol. The summed E-state index contributed by atoms with van der Waals surface area (Å²) in [5.41, 5.74) is 0. The highest BCUT2D eigenvalue weighted by Crippen LogP contribution is 2.14. The molecule has 0 heterocycles. The van der Waals surface area contributed by atoms with Crippen molar-refractivity contribution >= 4 is 11.9 Å². The minimum absolute atomic E-state index is 0.0981. The Bertz CT molecular complexity index is 494. The molecule has 244 valence electrons. The lowest BCUT2D eigenvalue weighted by Crippen LogP contribution is -2.26. The van der Waals surface area contributed by atoms with Gasteiger partial charge in [-0.1, -0.05) is 168 Å². The molecule has 0 spiro atoms. The van der Waals surface area contributed by atoms with Gasteiger partial charge in [0.25, 0.3) is 0 Å². The van der Waals surface area contributed by atoms with Crippen molar-refractivity contribution in [3.05, 3.63) is 0 Å². The molecule has 0 radical (unpaired) electrons. The molecule has 0 aliphatic heterocycles. The monoisotopic (exact) mass is 582 g/mol. The van der Waals surface area contributed by atoms with E-state index in [1.807, 2.05) is 0 Å².